The molecule has 2 heterocycles. The Kier molecular flexibility index (Phi) is 3.93. The van der Waals surface area contributed by atoms with E-state index in [0.717, 1.165) is 25.8 Å². The molecule has 4 nitrogen and oxygen atoms in total. The van der Waals surface area contributed by atoms with Crippen LogP contribution in [0.15, 0.2) is 21.7 Å². The van der Waals surface area contributed by atoms with Crippen LogP contribution in [0.2, 0.25) is 0 Å². The number of rotatable bonds is 5. The second-order valence-electron chi connectivity index (χ2n) is 5.38. The minimum absolute atomic E-state index is 0.126. The highest BCUT2D eigenvalue weighted by Gasteiger charge is 2.34. The van der Waals surface area contributed by atoms with Crippen molar-refractivity contribution in [1.29, 1.82) is 0 Å². The van der Waals surface area contributed by atoms with Crippen molar-refractivity contribution >= 4 is 21.4 Å². The first-order valence-electron chi connectivity index (χ1n) is 6.96. The number of hydrogen-bond acceptors (Lipinski definition) is 4. The van der Waals surface area contributed by atoms with E-state index in [1.54, 1.807) is 16.4 Å². The monoisotopic (exact) mass is 300 g/mol. The average Bonchev–Trinajstić information content (AvgIpc) is 3.07. The lowest BCUT2D eigenvalue weighted by Crippen LogP contribution is -2.48. The van der Waals surface area contributed by atoms with E-state index in [1.165, 1.54) is 24.2 Å². The molecule has 19 heavy (non-hydrogen) atoms. The third kappa shape index (κ3) is 3.02. The molecular weight excluding hydrogens is 280 g/mol. The molecule has 2 aliphatic rings. The summed E-state index contributed by atoms with van der Waals surface area (Å²) in [5.74, 6) is 0. The van der Waals surface area contributed by atoms with Gasteiger partial charge < -0.3 is 5.32 Å². The van der Waals surface area contributed by atoms with Crippen LogP contribution < -0.4 is 5.32 Å². The Morgan fingerprint density at radius 2 is 2.16 bits per heavy atom. The smallest absolute Gasteiger partial charge is 0.252 e. The standard InChI is InChI=1S/C13H20N2O2S2/c16-19(17,13-5-3-9-18-13)15-8-2-1-4-12(15)10-14-11-6-7-11/h3,5,9,11-12,14H,1-2,4,6-8,10H2. The maximum Gasteiger partial charge on any atom is 0.252 e. The number of nitrogens with zero attached hydrogens (tertiary/aromatic N) is 1. The van der Waals surface area contributed by atoms with E-state index in [4.69, 9.17) is 0 Å². The van der Waals surface area contributed by atoms with Gasteiger partial charge in [-0.3, -0.25) is 0 Å². The molecule has 3 rings (SSSR count). The SMILES string of the molecule is O=S(=O)(c1cccs1)N1CCCCC1CNC1CC1. The molecule has 1 N–H and O–H groups in total. The van der Waals surface area contributed by atoms with E-state index in [-0.39, 0.29) is 6.04 Å². The average molecular weight is 300 g/mol. The highest BCUT2D eigenvalue weighted by Crippen LogP contribution is 2.28. The molecule has 1 saturated carbocycles. The first-order chi connectivity index (χ1) is 9.18. The molecule has 0 radical (unpaired) electrons. The van der Waals surface area contributed by atoms with Gasteiger partial charge in [0.25, 0.3) is 10.0 Å². The van der Waals surface area contributed by atoms with Crippen LogP contribution in [0.25, 0.3) is 0 Å². The molecule has 1 aliphatic carbocycles. The summed E-state index contributed by atoms with van der Waals surface area (Å²) in [6, 6.07) is 4.27. The topological polar surface area (TPSA) is 49.4 Å². The molecule has 1 aliphatic heterocycles. The molecule has 2 fully saturated rings. The van der Waals surface area contributed by atoms with Crippen LogP contribution in [-0.4, -0.2) is 37.9 Å². The van der Waals surface area contributed by atoms with Crippen LogP contribution in [0.3, 0.4) is 0 Å². The van der Waals surface area contributed by atoms with Crippen LogP contribution in [-0.2, 0) is 10.0 Å². The summed E-state index contributed by atoms with van der Waals surface area (Å²) >= 11 is 1.31. The van der Waals surface area contributed by atoms with Crippen LogP contribution in [0.1, 0.15) is 32.1 Å². The van der Waals surface area contributed by atoms with E-state index >= 15 is 0 Å². The third-order valence-corrected chi connectivity index (χ3v) is 7.18. The predicted molar refractivity (Wildman–Crippen MR) is 76.9 cm³/mol. The van der Waals surface area contributed by atoms with Crippen LogP contribution in [0, 0.1) is 0 Å². The first-order valence-corrected chi connectivity index (χ1v) is 9.28. The Labute approximate surface area is 118 Å². The molecule has 1 aromatic heterocycles. The first kappa shape index (κ1) is 13.5. The van der Waals surface area contributed by atoms with Crippen molar-refractivity contribution in [2.45, 2.75) is 48.4 Å². The number of nitrogens with one attached hydrogen (secondary N) is 1. The minimum Gasteiger partial charge on any atom is -0.312 e. The molecule has 1 saturated heterocycles. The number of thiophene rings is 1. The Bertz CT molecular complexity index is 509. The Balaban J connectivity index is 1.75. The molecule has 1 atom stereocenters. The van der Waals surface area contributed by atoms with Gasteiger partial charge in [0.2, 0.25) is 0 Å². The lowest BCUT2D eigenvalue weighted by molar-refractivity contribution is 0.245. The van der Waals surface area contributed by atoms with Gasteiger partial charge in [0.1, 0.15) is 4.21 Å². The van der Waals surface area contributed by atoms with Crippen molar-refractivity contribution in [2.75, 3.05) is 13.1 Å². The second-order valence-corrected chi connectivity index (χ2v) is 8.45. The van der Waals surface area contributed by atoms with Gasteiger partial charge in [-0.2, -0.15) is 4.31 Å². The highest BCUT2D eigenvalue weighted by atomic mass is 32.2. The molecule has 1 aromatic rings. The predicted octanol–water partition coefficient (Wildman–Crippen LogP) is 2.04. The number of piperidine rings is 1. The molecule has 1 unspecified atom stereocenters. The van der Waals surface area contributed by atoms with Gasteiger partial charge in [-0.1, -0.05) is 12.5 Å². The van der Waals surface area contributed by atoms with Gasteiger partial charge >= 0.3 is 0 Å². The summed E-state index contributed by atoms with van der Waals surface area (Å²) in [5, 5.41) is 5.30. The largest absolute Gasteiger partial charge is 0.312 e. The van der Waals surface area contributed by atoms with Crippen molar-refractivity contribution in [2.24, 2.45) is 0 Å². The van der Waals surface area contributed by atoms with E-state index in [2.05, 4.69) is 5.32 Å². The van der Waals surface area contributed by atoms with Gasteiger partial charge in [-0.05, 0) is 37.1 Å². The Morgan fingerprint density at radius 3 is 2.84 bits per heavy atom. The zero-order valence-corrected chi connectivity index (χ0v) is 12.5. The van der Waals surface area contributed by atoms with Gasteiger partial charge in [0.05, 0.1) is 0 Å². The van der Waals surface area contributed by atoms with E-state index in [0.29, 0.717) is 16.8 Å². The van der Waals surface area contributed by atoms with E-state index in [9.17, 15) is 8.42 Å². The van der Waals surface area contributed by atoms with Crippen molar-refractivity contribution in [3.8, 4) is 0 Å². The highest BCUT2D eigenvalue weighted by molar-refractivity contribution is 7.91. The summed E-state index contributed by atoms with van der Waals surface area (Å²) in [7, 11) is -3.28. The summed E-state index contributed by atoms with van der Waals surface area (Å²) in [6.07, 6.45) is 5.57. The van der Waals surface area contributed by atoms with Crippen molar-refractivity contribution < 1.29 is 8.42 Å². The van der Waals surface area contributed by atoms with Gasteiger partial charge in [0, 0.05) is 25.2 Å². The van der Waals surface area contributed by atoms with Crippen molar-refractivity contribution in [3.63, 3.8) is 0 Å². The van der Waals surface area contributed by atoms with Gasteiger partial charge in [-0.15, -0.1) is 11.3 Å². The van der Waals surface area contributed by atoms with E-state index < -0.39 is 10.0 Å². The molecular formula is C13H20N2O2S2. The second kappa shape index (κ2) is 5.52. The van der Waals surface area contributed by atoms with Crippen LogP contribution in [0.4, 0.5) is 0 Å². The fraction of sp³-hybridized carbons (Fsp3) is 0.692. The quantitative estimate of drug-likeness (QED) is 0.905. The lowest BCUT2D eigenvalue weighted by atomic mass is 10.1. The zero-order chi connectivity index (χ0) is 13.3. The number of sulfonamides is 1. The van der Waals surface area contributed by atoms with Gasteiger partial charge in [0.15, 0.2) is 0 Å². The van der Waals surface area contributed by atoms with Gasteiger partial charge in [-0.25, -0.2) is 8.42 Å². The number of hydrogen-bond donors (Lipinski definition) is 1. The van der Waals surface area contributed by atoms with E-state index in [1.807, 2.05) is 5.38 Å². The maximum atomic E-state index is 12.6. The Hall–Kier alpha value is -0.430. The zero-order valence-electron chi connectivity index (χ0n) is 10.9. The molecule has 6 heteroatoms. The Morgan fingerprint density at radius 1 is 1.32 bits per heavy atom. The van der Waals surface area contributed by atoms with Crippen molar-refractivity contribution in [1.82, 2.24) is 9.62 Å². The molecule has 0 aromatic carbocycles. The summed E-state index contributed by atoms with van der Waals surface area (Å²) in [6.45, 7) is 1.46. The summed E-state index contributed by atoms with van der Waals surface area (Å²) in [4.78, 5) is 0. The molecule has 0 bridgehead atoms. The van der Waals surface area contributed by atoms with Crippen LogP contribution >= 0.6 is 11.3 Å². The maximum absolute atomic E-state index is 12.6. The third-order valence-electron chi connectivity index (χ3n) is 3.85. The lowest BCUT2D eigenvalue weighted by Gasteiger charge is -2.34. The van der Waals surface area contributed by atoms with Crippen LogP contribution in [0.5, 0.6) is 0 Å². The normalized spacial score (nSPS) is 25.6. The summed E-state index contributed by atoms with van der Waals surface area (Å²) < 4.78 is 27.5. The summed E-state index contributed by atoms with van der Waals surface area (Å²) in [5.41, 5.74) is 0. The molecule has 0 spiro atoms. The fourth-order valence-electron chi connectivity index (χ4n) is 2.61. The van der Waals surface area contributed by atoms with Crippen molar-refractivity contribution in [3.05, 3.63) is 17.5 Å². The molecule has 0 amide bonds. The molecule has 106 valence electrons. The fourth-order valence-corrected chi connectivity index (χ4v) is 5.42. The minimum atomic E-state index is -3.28.